The molecule has 0 spiro atoms. The molecule has 2 N–H and O–H groups in total. The lowest BCUT2D eigenvalue weighted by Gasteiger charge is -2.10. The Morgan fingerprint density at radius 3 is 2.67 bits per heavy atom. The number of aliphatic hydroxyl groups is 1. The van der Waals surface area contributed by atoms with E-state index in [1.165, 1.54) is 29.5 Å². The maximum atomic E-state index is 14.2. The molecule has 0 fully saturated rings. The first-order chi connectivity index (χ1) is 11.7. The molecule has 122 valence electrons. The number of halogens is 1. The van der Waals surface area contributed by atoms with Crippen LogP contribution < -0.4 is 5.32 Å². The molecule has 1 heterocycles. The van der Waals surface area contributed by atoms with Gasteiger partial charge in [0.25, 0.3) is 5.91 Å². The number of hydrogen-bond acceptors (Lipinski definition) is 4. The molecule has 3 rings (SSSR count). The average molecular weight is 326 g/mol. The number of aliphatic hydroxyl groups excluding tert-OH is 1. The van der Waals surface area contributed by atoms with Crippen molar-refractivity contribution < 1.29 is 14.3 Å². The molecule has 0 saturated carbocycles. The summed E-state index contributed by atoms with van der Waals surface area (Å²) in [5.41, 5.74) is 1.98. The van der Waals surface area contributed by atoms with E-state index in [9.17, 15) is 14.3 Å². The van der Waals surface area contributed by atoms with E-state index in [0.717, 1.165) is 17.2 Å². The van der Waals surface area contributed by atoms with Gasteiger partial charge in [0.2, 0.25) is 0 Å². The summed E-state index contributed by atoms with van der Waals surface area (Å²) in [6.07, 6.45) is 2.68. The molecule has 0 saturated heterocycles. The average Bonchev–Trinajstić information content (AvgIpc) is 3.14. The zero-order valence-corrected chi connectivity index (χ0v) is 12.7. The molecule has 3 aromatic rings. The summed E-state index contributed by atoms with van der Waals surface area (Å²) in [4.78, 5) is 16.0. The van der Waals surface area contributed by atoms with Crippen LogP contribution in [0.5, 0.6) is 0 Å². The Kier molecular flexibility index (Phi) is 4.62. The highest BCUT2D eigenvalue weighted by Gasteiger charge is 2.12. The summed E-state index contributed by atoms with van der Waals surface area (Å²) in [6, 6.07) is 11.4. The Labute approximate surface area is 137 Å². The van der Waals surface area contributed by atoms with E-state index in [-0.39, 0.29) is 24.4 Å². The van der Waals surface area contributed by atoms with Crippen molar-refractivity contribution in [2.75, 3.05) is 0 Å². The summed E-state index contributed by atoms with van der Waals surface area (Å²) in [5, 5.41) is 15.9. The largest absolute Gasteiger partial charge is 0.392 e. The minimum atomic E-state index is -0.566. The normalized spacial score (nSPS) is 10.6. The number of carbonyl (C=O) groups is 1. The van der Waals surface area contributed by atoms with Crippen molar-refractivity contribution in [2.45, 2.75) is 13.2 Å². The van der Waals surface area contributed by atoms with Crippen molar-refractivity contribution >= 4 is 5.91 Å². The second-order valence-electron chi connectivity index (χ2n) is 5.12. The van der Waals surface area contributed by atoms with Gasteiger partial charge in [-0.05, 0) is 29.3 Å². The lowest BCUT2D eigenvalue weighted by molar-refractivity contribution is 0.0950. The summed E-state index contributed by atoms with van der Waals surface area (Å²) in [5.74, 6) is -0.962. The highest BCUT2D eigenvalue weighted by Crippen LogP contribution is 2.14. The highest BCUT2D eigenvalue weighted by atomic mass is 19.1. The highest BCUT2D eigenvalue weighted by molar-refractivity contribution is 5.94. The fourth-order valence-electron chi connectivity index (χ4n) is 2.33. The van der Waals surface area contributed by atoms with Crippen LogP contribution in [0.15, 0.2) is 55.1 Å². The van der Waals surface area contributed by atoms with Gasteiger partial charge in [0.1, 0.15) is 24.2 Å². The Morgan fingerprint density at radius 2 is 2.00 bits per heavy atom. The Morgan fingerprint density at radius 1 is 1.21 bits per heavy atom. The fourth-order valence-corrected chi connectivity index (χ4v) is 2.33. The number of rotatable bonds is 5. The van der Waals surface area contributed by atoms with E-state index >= 15 is 0 Å². The molecule has 0 radical (unpaired) electrons. The lowest BCUT2D eigenvalue weighted by atomic mass is 10.1. The van der Waals surface area contributed by atoms with Gasteiger partial charge >= 0.3 is 0 Å². The first kappa shape index (κ1) is 15.8. The van der Waals surface area contributed by atoms with Crippen LogP contribution in [0.1, 0.15) is 21.5 Å². The van der Waals surface area contributed by atoms with Crippen LogP contribution >= 0.6 is 0 Å². The van der Waals surface area contributed by atoms with Crippen molar-refractivity contribution in [1.82, 2.24) is 20.1 Å². The van der Waals surface area contributed by atoms with Crippen LogP contribution in [0, 0.1) is 5.82 Å². The van der Waals surface area contributed by atoms with Crippen LogP contribution in [-0.2, 0) is 13.2 Å². The van der Waals surface area contributed by atoms with E-state index in [0.29, 0.717) is 0 Å². The molecule has 2 aromatic carbocycles. The molecule has 1 aromatic heterocycles. The van der Waals surface area contributed by atoms with Gasteiger partial charge in [0.05, 0.1) is 6.61 Å². The van der Waals surface area contributed by atoms with E-state index in [1.54, 1.807) is 6.07 Å². The van der Waals surface area contributed by atoms with Crippen molar-refractivity contribution in [2.24, 2.45) is 0 Å². The third kappa shape index (κ3) is 3.31. The number of amides is 1. The van der Waals surface area contributed by atoms with Gasteiger partial charge in [-0.2, -0.15) is 5.10 Å². The predicted molar refractivity (Wildman–Crippen MR) is 84.9 cm³/mol. The molecule has 0 aliphatic heterocycles. The van der Waals surface area contributed by atoms with Gasteiger partial charge in [-0.15, -0.1) is 0 Å². The Bertz CT molecular complexity index is 850. The number of nitrogens with one attached hydrogen (secondary N) is 1. The molecular weight excluding hydrogens is 311 g/mol. The summed E-state index contributed by atoms with van der Waals surface area (Å²) in [6.45, 7) is 0.148. The van der Waals surface area contributed by atoms with Crippen molar-refractivity contribution in [3.05, 3.63) is 77.6 Å². The summed E-state index contributed by atoms with van der Waals surface area (Å²) in [7, 11) is 0. The zero-order valence-electron chi connectivity index (χ0n) is 12.7. The molecule has 0 aliphatic rings. The Balaban J connectivity index is 1.72. The topological polar surface area (TPSA) is 80.0 Å². The quantitative estimate of drug-likeness (QED) is 0.749. The maximum absolute atomic E-state index is 14.2. The zero-order chi connectivity index (χ0) is 16.9. The first-order valence-electron chi connectivity index (χ1n) is 7.29. The molecule has 0 aliphatic carbocycles. The van der Waals surface area contributed by atoms with Crippen molar-refractivity contribution in [1.29, 1.82) is 0 Å². The van der Waals surface area contributed by atoms with Gasteiger partial charge in [-0.1, -0.05) is 24.3 Å². The second-order valence-corrected chi connectivity index (χ2v) is 5.12. The van der Waals surface area contributed by atoms with E-state index < -0.39 is 11.7 Å². The van der Waals surface area contributed by atoms with Crippen LogP contribution in [0.25, 0.3) is 5.69 Å². The molecule has 7 heteroatoms. The number of nitrogens with zero attached hydrogens (tertiary/aromatic N) is 3. The number of hydrogen-bond donors (Lipinski definition) is 2. The number of aromatic nitrogens is 3. The van der Waals surface area contributed by atoms with Crippen LogP contribution in [0.4, 0.5) is 4.39 Å². The SMILES string of the molecule is O=C(NCc1ccccc1CO)c1ccc(-n2cncn2)c(F)c1. The van der Waals surface area contributed by atoms with E-state index in [4.69, 9.17) is 0 Å². The molecule has 24 heavy (non-hydrogen) atoms. The lowest BCUT2D eigenvalue weighted by Crippen LogP contribution is -2.23. The summed E-state index contributed by atoms with van der Waals surface area (Å²) >= 11 is 0. The Hall–Kier alpha value is -3.06. The smallest absolute Gasteiger partial charge is 0.251 e. The molecule has 0 bridgehead atoms. The minimum Gasteiger partial charge on any atom is -0.392 e. The van der Waals surface area contributed by atoms with E-state index in [1.807, 2.05) is 18.2 Å². The first-order valence-corrected chi connectivity index (χ1v) is 7.29. The molecule has 0 atom stereocenters. The van der Waals surface area contributed by atoms with Crippen LogP contribution in [0.2, 0.25) is 0 Å². The monoisotopic (exact) mass is 326 g/mol. The molecule has 6 nitrogen and oxygen atoms in total. The van der Waals surface area contributed by atoms with E-state index in [2.05, 4.69) is 15.4 Å². The maximum Gasteiger partial charge on any atom is 0.251 e. The number of benzene rings is 2. The standard InChI is InChI=1S/C17H15FN4O2/c18-15-7-12(5-6-16(15)22-11-19-10-21-22)17(24)20-8-13-3-1-2-4-14(13)9-23/h1-7,10-11,23H,8-9H2,(H,20,24). The van der Waals surface area contributed by atoms with Gasteiger partial charge in [-0.25, -0.2) is 14.1 Å². The van der Waals surface area contributed by atoms with Gasteiger partial charge in [0.15, 0.2) is 0 Å². The minimum absolute atomic E-state index is 0.104. The predicted octanol–water partition coefficient (Wildman–Crippen LogP) is 1.83. The number of carbonyl (C=O) groups excluding carboxylic acids is 1. The molecule has 0 unspecified atom stereocenters. The van der Waals surface area contributed by atoms with Crippen LogP contribution in [0.3, 0.4) is 0 Å². The molecule has 1 amide bonds. The van der Waals surface area contributed by atoms with Crippen molar-refractivity contribution in [3.8, 4) is 5.69 Å². The summed E-state index contributed by atoms with van der Waals surface area (Å²) < 4.78 is 15.4. The van der Waals surface area contributed by atoms with Gasteiger partial charge < -0.3 is 10.4 Å². The third-order valence-electron chi connectivity index (χ3n) is 3.60. The third-order valence-corrected chi connectivity index (χ3v) is 3.60. The van der Waals surface area contributed by atoms with Crippen molar-refractivity contribution in [3.63, 3.8) is 0 Å². The van der Waals surface area contributed by atoms with Crippen LogP contribution in [-0.4, -0.2) is 25.8 Å². The fraction of sp³-hybridized carbons (Fsp3) is 0.118. The second kappa shape index (κ2) is 7.01. The van der Waals surface area contributed by atoms with Gasteiger partial charge in [-0.3, -0.25) is 4.79 Å². The molecular formula is C17H15FN4O2. The van der Waals surface area contributed by atoms with Gasteiger partial charge in [0, 0.05) is 12.1 Å².